The summed E-state index contributed by atoms with van der Waals surface area (Å²) < 4.78 is 0. The second-order valence-electron chi connectivity index (χ2n) is 3.15. The number of nitrogens with two attached hydrogens (primary N) is 1. The van der Waals surface area contributed by atoms with E-state index in [2.05, 4.69) is 4.98 Å². The lowest BCUT2D eigenvalue weighted by Gasteiger charge is -2.06. The zero-order valence-electron chi connectivity index (χ0n) is 7.77. The molecule has 3 heteroatoms. The van der Waals surface area contributed by atoms with Crippen molar-refractivity contribution in [3.05, 3.63) is 41.6 Å². The van der Waals surface area contributed by atoms with Crippen molar-refractivity contribution >= 4 is 10.9 Å². The van der Waals surface area contributed by atoms with Crippen LogP contribution in [0, 0.1) is 0 Å². The lowest BCUT2D eigenvalue weighted by molar-refractivity contribution is 0.276. The van der Waals surface area contributed by atoms with Crippen LogP contribution in [0.2, 0.25) is 0 Å². The van der Waals surface area contributed by atoms with Crippen LogP contribution in [0.15, 0.2) is 30.3 Å². The predicted octanol–water partition coefficient (Wildman–Crippen LogP) is 1.19. The summed E-state index contributed by atoms with van der Waals surface area (Å²) in [5, 5.41) is 10.2. The van der Waals surface area contributed by atoms with Crippen LogP contribution in [-0.2, 0) is 13.2 Å². The van der Waals surface area contributed by atoms with Gasteiger partial charge in [-0.25, -0.2) is 0 Å². The Balaban J connectivity index is 2.69. The van der Waals surface area contributed by atoms with Gasteiger partial charge in [0.25, 0.3) is 0 Å². The molecule has 1 aromatic carbocycles. The maximum Gasteiger partial charge on any atom is 0.0856 e. The fourth-order valence-electron chi connectivity index (χ4n) is 1.51. The van der Waals surface area contributed by atoms with Crippen LogP contribution in [0.1, 0.15) is 11.3 Å². The summed E-state index contributed by atoms with van der Waals surface area (Å²) in [5.74, 6) is 0. The summed E-state index contributed by atoms with van der Waals surface area (Å²) in [7, 11) is 0. The molecule has 0 spiro atoms. The van der Waals surface area contributed by atoms with Crippen molar-refractivity contribution in [1.82, 2.24) is 4.98 Å². The molecule has 0 saturated heterocycles. The monoisotopic (exact) mass is 188 g/mol. The van der Waals surface area contributed by atoms with Crippen LogP contribution in [0.25, 0.3) is 10.9 Å². The van der Waals surface area contributed by atoms with Crippen LogP contribution in [-0.4, -0.2) is 10.1 Å². The van der Waals surface area contributed by atoms with E-state index in [4.69, 9.17) is 10.8 Å². The van der Waals surface area contributed by atoms with Crippen molar-refractivity contribution < 1.29 is 5.11 Å². The molecule has 0 bridgehead atoms. The van der Waals surface area contributed by atoms with Gasteiger partial charge in [-0.1, -0.05) is 18.2 Å². The predicted molar refractivity (Wildman–Crippen MR) is 55.6 cm³/mol. The Kier molecular flexibility index (Phi) is 2.43. The first-order valence-corrected chi connectivity index (χ1v) is 4.53. The molecule has 0 aliphatic rings. The van der Waals surface area contributed by atoms with Crippen molar-refractivity contribution in [2.45, 2.75) is 13.2 Å². The molecule has 0 saturated carbocycles. The second-order valence-corrected chi connectivity index (χ2v) is 3.15. The molecule has 14 heavy (non-hydrogen) atoms. The standard InChI is InChI=1S/C11H12N2O/c12-6-9-5-8-3-1-2-4-10(8)13-11(9)7-14/h1-5,14H,6-7,12H2. The Labute approximate surface area is 82.2 Å². The van der Waals surface area contributed by atoms with E-state index in [-0.39, 0.29) is 6.61 Å². The number of aliphatic hydroxyl groups is 1. The number of pyridine rings is 1. The maximum absolute atomic E-state index is 9.09. The highest BCUT2D eigenvalue weighted by molar-refractivity contribution is 5.79. The van der Waals surface area contributed by atoms with Gasteiger partial charge in [0.1, 0.15) is 0 Å². The lowest BCUT2D eigenvalue weighted by atomic mass is 10.1. The highest BCUT2D eigenvalue weighted by Gasteiger charge is 2.03. The summed E-state index contributed by atoms with van der Waals surface area (Å²) in [6.07, 6.45) is 0. The topological polar surface area (TPSA) is 59.1 Å². The largest absolute Gasteiger partial charge is 0.390 e. The molecule has 72 valence electrons. The van der Waals surface area contributed by atoms with E-state index in [1.807, 2.05) is 30.3 Å². The maximum atomic E-state index is 9.09. The number of para-hydroxylation sites is 1. The van der Waals surface area contributed by atoms with Crippen LogP contribution in [0.4, 0.5) is 0 Å². The average molecular weight is 188 g/mol. The van der Waals surface area contributed by atoms with E-state index in [0.717, 1.165) is 16.5 Å². The van der Waals surface area contributed by atoms with Gasteiger partial charge in [0.05, 0.1) is 17.8 Å². The van der Waals surface area contributed by atoms with E-state index in [0.29, 0.717) is 12.2 Å². The van der Waals surface area contributed by atoms with Crippen molar-refractivity contribution in [3.8, 4) is 0 Å². The number of benzene rings is 1. The highest BCUT2D eigenvalue weighted by Crippen LogP contribution is 2.16. The molecule has 2 aromatic rings. The number of nitrogens with zero attached hydrogens (tertiary/aromatic N) is 1. The number of rotatable bonds is 2. The van der Waals surface area contributed by atoms with Gasteiger partial charge >= 0.3 is 0 Å². The van der Waals surface area contributed by atoms with E-state index >= 15 is 0 Å². The summed E-state index contributed by atoms with van der Waals surface area (Å²) in [4.78, 5) is 4.33. The van der Waals surface area contributed by atoms with Crippen molar-refractivity contribution in [1.29, 1.82) is 0 Å². The Morgan fingerprint density at radius 3 is 2.79 bits per heavy atom. The van der Waals surface area contributed by atoms with Gasteiger partial charge < -0.3 is 10.8 Å². The zero-order chi connectivity index (χ0) is 9.97. The van der Waals surface area contributed by atoms with Gasteiger partial charge in [-0.3, -0.25) is 4.98 Å². The molecule has 0 radical (unpaired) electrons. The molecular formula is C11H12N2O. The lowest BCUT2D eigenvalue weighted by Crippen LogP contribution is -2.04. The zero-order valence-corrected chi connectivity index (χ0v) is 7.77. The number of hydrogen-bond acceptors (Lipinski definition) is 3. The summed E-state index contributed by atoms with van der Waals surface area (Å²) in [6.45, 7) is 0.352. The Hall–Kier alpha value is -1.45. The summed E-state index contributed by atoms with van der Waals surface area (Å²) in [5.41, 5.74) is 8.04. The molecule has 3 nitrogen and oxygen atoms in total. The van der Waals surface area contributed by atoms with Crippen LogP contribution >= 0.6 is 0 Å². The molecule has 1 heterocycles. The summed E-state index contributed by atoms with van der Waals surface area (Å²) >= 11 is 0. The van der Waals surface area contributed by atoms with Crippen molar-refractivity contribution in [2.24, 2.45) is 5.73 Å². The highest BCUT2D eigenvalue weighted by atomic mass is 16.3. The number of hydrogen-bond donors (Lipinski definition) is 2. The number of fused-ring (bicyclic) bond motifs is 1. The normalized spacial score (nSPS) is 10.7. The van der Waals surface area contributed by atoms with Gasteiger partial charge in [0, 0.05) is 11.9 Å². The van der Waals surface area contributed by atoms with E-state index in [1.54, 1.807) is 0 Å². The SMILES string of the molecule is NCc1cc2ccccc2nc1CO. The third kappa shape index (κ3) is 1.47. The molecular weight excluding hydrogens is 176 g/mol. The first-order valence-electron chi connectivity index (χ1n) is 4.53. The van der Waals surface area contributed by atoms with Crippen LogP contribution < -0.4 is 5.73 Å². The van der Waals surface area contributed by atoms with Gasteiger partial charge in [0.15, 0.2) is 0 Å². The van der Waals surface area contributed by atoms with Gasteiger partial charge in [0.2, 0.25) is 0 Å². The quantitative estimate of drug-likeness (QED) is 0.744. The summed E-state index contributed by atoms with van der Waals surface area (Å²) in [6, 6.07) is 9.78. The average Bonchev–Trinajstić information content (AvgIpc) is 2.27. The minimum atomic E-state index is -0.0582. The van der Waals surface area contributed by atoms with E-state index < -0.39 is 0 Å². The minimum Gasteiger partial charge on any atom is -0.390 e. The molecule has 0 atom stereocenters. The number of aliphatic hydroxyl groups excluding tert-OH is 1. The number of aromatic nitrogens is 1. The molecule has 3 N–H and O–H groups in total. The van der Waals surface area contributed by atoms with Gasteiger partial charge in [-0.15, -0.1) is 0 Å². The Morgan fingerprint density at radius 1 is 1.29 bits per heavy atom. The van der Waals surface area contributed by atoms with Crippen LogP contribution in [0.3, 0.4) is 0 Å². The fourth-order valence-corrected chi connectivity index (χ4v) is 1.51. The van der Waals surface area contributed by atoms with Crippen LogP contribution in [0.5, 0.6) is 0 Å². The first kappa shape index (κ1) is 9.12. The molecule has 0 fully saturated rings. The van der Waals surface area contributed by atoms with Gasteiger partial charge in [-0.05, 0) is 17.7 Å². The Bertz CT molecular complexity index is 411. The molecule has 0 amide bonds. The molecule has 1 aromatic heterocycles. The Morgan fingerprint density at radius 2 is 2.07 bits per heavy atom. The minimum absolute atomic E-state index is 0.0582. The fraction of sp³-hybridized carbons (Fsp3) is 0.182. The van der Waals surface area contributed by atoms with Crippen molar-refractivity contribution in [2.75, 3.05) is 0 Å². The van der Waals surface area contributed by atoms with E-state index in [9.17, 15) is 0 Å². The molecule has 0 unspecified atom stereocenters. The van der Waals surface area contributed by atoms with Gasteiger partial charge in [-0.2, -0.15) is 0 Å². The third-order valence-electron chi connectivity index (χ3n) is 2.26. The second kappa shape index (κ2) is 3.74. The first-order chi connectivity index (χ1) is 6.85. The molecule has 0 aliphatic heterocycles. The van der Waals surface area contributed by atoms with Crippen molar-refractivity contribution in [3.63, 3.8) is 0 Å². The molecule has 2 rings (SSSR count). The molecule has 0 aliphatic carbocycles. The van der Waals surface area contributed by atoms with E-state index in [1.165, 1.54) is 0 Å². The third-order valence-corrected chi connectivity index (χ3v) is 2.26. The smallest absolute Gasteiger partial charge is 0.0856 e.